The van der Waals surface area contributed by atoms with E-state index >= 15 is 0 Å². The summed E-state index contributed by atoms with van der Waals surface area (Å²) in [5.74, 6) is -0.490. The van der Waals surface area contributed by atoms with Crippen molar-refractivity contribution in [3.63, 3.8) is 0 Å². The first kappa shape index (κ1) is 23.8. The van der Waals surface area contributed by atoms with Gasteiger partial charge in [-0.15, -0.1) is 0 Å². The summed E-state index contributed by atoms with van der Waals surface area (Å²) in [4.78, 5) is 26.9. The normalized spacial score (nSPS) is 16.9. The van der Waals surface area contributed by atoms with E-state index in [1.165, 1.54) is 0 Å². The summed E-state index contributed by atoms with van der Waals surface area (Å²) in [5, 5.41) is 6.65. The third-order valence-corrected chi connectivity index (χ3v) is 5.08. The van der Waals surface area contributed by atoms with E-state index in [4.69, 9.17) is 21.7 Å². The molecule has 2 N–H and O–H groups in total. The molecule has 0 aromatic heterocycles. The van der Waals surface area contributed by atoms with Crippen molar-refractivity contribution in [1.29, 1.82) is 0 Å². The number of rotatable bonds is 7. The van der Waals surface area contributed by atoms with Gasteiger partial charge in [-0.25, -0.2) is 4.79 Å². The SMILES string of the molecule is COCCOC(=O)C1=C(C)N(C)C(=S)N[C@@H]1c1cccc(NC(=O)CC(C)(C)C)c1. The van der Waals surface area contributed by atoms with Crippen molar-refractivity contribution in [3.8, 4) is 0 Å². The van der Waals surface area contributed by atoms with E-state index in [-0.39, 0.29) is 17.9 Å². The first-order valence-corrected chi connectivity index (χ1v) is 10.2. The Kier molecular flexibility index (Phi) is 7.97. The molecule has 1 atom stereocenters. The van der Waals surface area contributed by atoms with Crippen LogP contribution in [-0.4, -0.2) is 49.3 Å². The van der Waals surface area contributed by atoms with E-state index < -0.39 is 12.0 Å². The Labute approximate surface area is 183 Å². The van der Waals surface area contributed by atoms with Crippen LogP contribution in [0.5, 0.6) is 0 Å². The molecule has 0 bridgehead atoms. The highest BCUT2D eigenvalue weighted by Crippen LogP contribution is 2.32. The minimum Gasteiger partial charge on any atom is -0.460 e. The molecule has 0 saturated carbocycles. The fourth-order valence-electron chi connectivity index (χ4n) is 3.13. The molecule has 1 aliphatic heterocycles. The third kappa shape index (κ3) is 6.27. The van der Waals surface area contributed by atoms with Gasteiger partial charge in [0.1, 0.15) is 6.61 Å². The summed E-state index contributed by atoms with van der Waals surface area (Å²) >= 11 is 5.43. The number of ether oxygens (including phenoxy) is 2. The monoisotopic (exact) mass is 433 g/mol. The van der Waals surface area contributed by atoms with E-state index in [0.717, 1.165) is 5.56 Å². The molecule has 2 rings (SSSR count). The summed E-state index contributed by atoms with van der Waals surface area (Å²) in [6.45, 7) is 8.36. The Balaban J connectivity index is 2.31. The minimum atomic E-state index is -0.483. The van der Waals surface area contributed by atoms with Crippen LogP contribution in [0.3, 0.4) is 0 Å². The molecule has 30 heavy (non-hydrogen) atoms. The molecule has 0 fully saturated rings. The number of benzene rings is 1. The number of anilines is 1. The Hall–Kier alpha value is -2.45. The zero-order chi connectivity index (χ0) is 22.5. The molecule has 1 heterocycles. The second kappa shape index (κ2) is 10.0. The van der Waals surface area contributed by atoms with E-state index in [9.17, 15) is 9.59 Å². The van der Waals surface area contributed by atoms with Gasteiger partial charge in [-0.1, -0.05) is 32.9 Å². The van der Waals surface area contributed by atoms with Gasteiger partial charge < -0.3 is 25.0 Å². The van der Waals surface area contributed by atoms with Crippen LogP contribution in [0.2, 0.25) is 0 Å². The number of nitrogens with zero attached hydrogens (tertiary/aromatic N) is 1. The average molecular weight is 434 g/mol. The van der Waals surface area contributed by atoms with Crippen LogP contribution in [0.4, 0.5) is 5.69 Å². The summed E-state index contributed by atoms with van der Waals surface area (Å²) in [6, 6.07) is 6.92. The summed E-state index contributed by atoms with van der Waals surface area (Å²) in [5.41, 5.74) is 2.55. The number of thiocarbonyl (C=S) groups is 1. The van der Waals surface area contributed by atoms with Crippen molar-refractivity contribution in [2.45, 2.75) is 40.2 Å². The first-order chi connectivity index (χ1) is 14.0. The Morgan fingerprint density at radius 3 is 2.60 bits per heavy atom. The van der Waals surface area contributed by atoms with Gasteiger partial charge in [0, 0.05) is 32.0 Å². The Bertz CT molecular complexity index is 845. The van der Waals surface area contributed by atoms with Gasteiger partial charge in [0.25, 0.3) is 0 Å². The third-order valence-electron chi connectivity index (χ3n) is 4.69. The lowest BCUT2D eigenvalue weighted by Crippen LogP contribution is -2.46. The number of carbonyl (C=O) groups excluding carboxylic acids is 2. The summed E-state index contributed by atoms with van der Waals surface area (Å²) in [7, 11) is 3.35. The molecule has 1 amide bonds. The summed E-state index contributed by atoms with van der Waals surface area (Å²) in [6.07, 6.45) is 0.407. The molecule has 1 aromatic rings. The lowest BCUT2D eigenvalue weighted by molar-refractivity contribution is -0.140. The zero-order valence-corrected chi connectivity index (χ0v) is 19.3. The maximum Gasteiger partial charge on any atom is 0.338 e. The smallest absolute Gasteiger partial charge is 0.338 e. The van der Waals surface area contributed by atoms with Gasteiger partial charge in [-0.3, -0.25) is 4.79 Å². The highest BCUT2D eigenvalue weighted by Gasteiger charge is 2.33. The van der Waals surface area contributed by atoms with Crippen molar-refractivity contribution < 1.29 is 19.1 Å². The molecule has 0 radical (unpaired) electrons. The van der Waals surface area contributed by atoms with Gasteiger partial charge in [0.05, 0.1) is 18.2 Å². The zero-order valence-electron chi connectivity index (χ0n) is 18.5. The maximum absolute atomic E-state index is 12.8. The standard InChI is InChI=1S/C22H31N3O4S/c1-14-18(20(27)29-11-10-28-6)19(24-21(30)25(14)5)15-8-7-9-16(12-15)23-17(26)13-22(2,3)4/h7-9,12,19H,10-11,13H2,1-6H3,(H,23,26)(H,24,30)/t19-/m1/s1. The number of carbonyl (C=O) groups is 2. The van der Waals surface area contributed by atoms with Crippen molar-refractivity contribution >= 4 is 34.9 Å². The van der Waals surface area contributed by atoms with Gasteiger partial charge in [0.15, 0.2) is 5.11 Å². The molecule has 1 aromatic carbocycles. The molecule has 0 unspecified atom stereocenters. The van der Waals surface area contributed by atoms with Crippen LogP contribution in [0.1, 0.15) is 45.7 Å². The fourth-order valence-corrected chi connectivity index (χ4v) is 3.38. The Morgan fingerprint density at radius 2 is 1.97 bits per heavy atom. The number of nitrogens with one attached hydrogen (secondary N) is 2. The van der Waals surface area contributed by atoms with Crippen LogP contribution < -0.4 is 10.6 Å². The molecule has 164 valence electrons. The highest BCUT2D eigenvalue weighted by atomic mass is 32.1. The number of amides is 1. The average Bonchev–Trinajstić information content (AvgIpc) is 2.64. The lowest BCUT2D eigenvalue weighted by atomic mass is 9.92. The Morgan fingerprint density at radius 1 is 1.27 bits per heavy atom. The van der Waals surface area contributed by atoms with Crippen molar-refractivity contribution in [1.82, 2.24) is 10.2 Å². The minimum absolute atomic E-state index is 0.0579. The number of hydrogen-bond donors (Lipinski definition) is 2. The van der Waals surface area contributed by atoms with E-state index in [1.54, 1.807) is 19.1 Å². The largest absolute Gasteiger partial charge is 0.460 e. The summed E-state index contributed by atoms with van der Waals surface area (Å²) < 4.78 is 10.3. The van der Waals surface area contributed by atoms with Crippen LogP contribution in [0, 0.1) is 5.41 Å². The molecule has 1 aliphatic rings. The van der Waals surface area contributed by atoms with Gasteiger partial charge in [-0.2, -0.15) is 0 Å². The molecular formula is C22H31N3O4S. The maximum atomic E-state index is 12.8. The quantitative estimate of drug-likeness (QED) is 0.388. The van der Waals surface area contributed by atoms with Crippen molar-refractivity contribution in [3.05, 3.63) is 41.1 Å². The molecule has 0 saturated heterocycles. The molecule has 0 aliphatic carbocycles. The molecule has 8 heteroatoms. The second-order valence-electron chi connectivity index (χ2n) is 8.48. The van der Waals surface area contributed by atoms with E-state index in [2.05, 4.69) is 10.6 Å². The number of methoxy groups -OCH3 is 1. The number of allylic oxidation sites excluding steroid dienone is 1. The topological polar surface area (TPSA) is 79.9 Å². The highest BCUT2D eigenvalue weighted by molar-refractivity contribution is 7.80. The van der Waals surface area contributed by atoms with E-state index in [0.29, 0.717) is 35.1 Å². The number of hydrogen-bond acceptors (Lipinski definition) is 5. The van der Waals surface area contributed by atoms with Gasteiger partial charge in [-0.05, 0) is 42.3 Å². The molecule has 7 nitrogen and oxygen atoms in total. The lowest BCUT2D eigenvalue weighted by Gasteiger charge is -2.35. The van der Waals surface area contributed by atoms with Gasteiger partial charge >= 0.3 is 5.97 Å². The van der Waals surface area contributed by atoms with Crippen LogP contribution in [0.25, 0.3) is 0 Å². The van der Waals surface area contributed by atoms with E-state index in [1.807, 2.05) is 52.0 Å². The molecule has 0 spiro atoms. The van der Waals surface area contributed by atoms with Crippen molar-refractivity contribution in [2.75, 3.05) is 32.7 Å². The second-order valence-corrected chi connectivity index (χ2v) is 8.87. The predicted molar refractivity (Wildman–Crippen MR) is 121 cm³/mol. The van der Waals surface area contributed by atoms with Crippen molar-refractivity contribution in [2.24, 2.45) is 5.41 Å². The first-order valence-electron chi connectivity index (χ1n) is 9.84. The van der Waals surface area contributed by atoms with Crippen LogP contribution in [0.15, 0.2) is 35.5 Å². The fraction of sp³-hybridized carbons (Fsp3) is 0.500. The van der Waals surface area contributed by atoms with Crippen LogP contribution >= 0.6 is 12.2 Å². The predicted octanol–water partition coefficient (Wildman–Crippen LogP) is 3.39. The van der Waals surface area contributed by atoms with Gasteiger partial charge in [0.2, 0.25) is 5.91 Å². The number of esters is 1. The van der Waals surface area contributed by atoms with Crippen LogP contribution in [-0.2, 0) is 19.1 Å². The molecular weight excluding hydrogens is 402 g/mol.